The Balaban J connectivity index is 1.83. The van der Waals surface area contributed by atoms with Crippen LogP contribution in [-0.2, 0) is 5.41 Å². The summed E-state index contributed by atoms with van der Waals surface area (Å²) in [4.78, 5) is 4.66. The molecule has 0 amide bonds. The van der Waals surface area contributed by atoms with Gasteiger partial charge in [0.25, 0.3) is 0 Å². The van der Waals surface area contributed by atoms with Gasteiger partial charge in [-0.3, -0.25) is 0 Å². The Morgan fingerprint density at radius 2 is 1.88 bits per heavy atom. The van der Waals surface area contributed by atoms with Gasteiger partial charge in [0.05, 0.1) is 5.41 Å². The highest BCUT2D eigenvalue weighted by molar-refractivity contribution is 5.10. The molecule has 0 saturated heterocycles. The van der Waals surface area contributed by atoms with Crippen molar-refractivity contribution in [2.24, 2.45) is 5.73 Å². The van der Waals surface area contributed by atoms with Crippen LogP contribution in [0.4, 0.5) is 0 Å². The average molecular weight is 235 g/mol. The lowest BCUT2D eigenvalue weighted by Crippen LogP contribution is -2.32. The van der Waals surface area contributed by atoms with Crippen LogP contribution in [-0.4, -0.2) is 16.7 Å². The molecule has 0 atom stereocenters. The van der Waals surface area contributed by atoms with E-state index in [0.717, 1.165) is 24.6 Å². The maximum Gasteiger partial charge on any atom is 0.234 e. The molecule has 0 aliphatic heterocycles. The standard InChI is InChI=1S/C13H21N3O/c14-9-13(7-3-4-8-13)12-15-11(16-17-12)10-5-1-2-6-10/h10H,1-9,14H2. The Morgan fingerprint density at radius 1 is 1.18 bits per heavy atom. The molecule has 4 heteroatoms. The van der Waals surface area contributed by atoms with E-state index in [9.17, 15) is 0 Å². The molecular formula is C13H21N3O. The Labute approximate surface area is 102 Å². The molecule has 0 radical (unpaired) electrons. The zero-order chi connectivity index (χ0) is 11.7. The Kier molecular flexibility index (Phi) is 2.90. The fourth-order valence-electron chi connectivity index (χ4n) is 3.36. The smallest absolute Gasteiger partial charge is 0.234 e. The van der Waals surface area contributed by atoms with Gasteiger partial charge in [0.1, 0.15) is 0 Å². The average Bonchev–Trinajstić information content (AvgIpc) is 3.10. The molecule has 1 aromatic rings. The van der Waals surface area contributed by atoms with Gasteiger partial charge in [-0.05, 0) is 25.7 Å². The molecule has 0 aromatic carbocycles. The van der Waals surface area contributed by atoms with Crippen LogP contribution < -0.4 is 5.73 Å². The van der Waals surface area contributed by atoms with Gasteiger partial charge >= 0.3 is 0 Å². The Morgan fingerprint density at radius 3 is 2.53 bits per heavy atom. The van der Waals surface area contributed by atoms with E-state index in [1.165, 1.54) is 38.5 Å². The molecule has 0 unspecified atom stereocenters. The molecule has 2 fully saturated rings. The minimum atomic E-state index is -0.0101. The van der Waals surface area contributed by atoms with Crippen LogP contribution in [0.25, 0.3) is 0 Å². The summed E-state index contributed by atoms with van der Waals surface area (Å²) in [5.41, 5.74) is 5.93. The van der Waals surface area contributed by atoms with Crippen LogP contribution in [0, 0.1) is 0 Å². The molecule has 94 valence electrons. The SMILES string of the molecule is NCC1(c2nc(C3CCCC3)no2)CCCC1. The first kappa shape index (κ1) is 11.2. The van der Waals surface area contributed by atoms with E-state index in [1.807, 2.05) is 0 Å². The molecule has 0 spiro atoms. The van der Waals surface area contributed by atoms with Gasteiger partial charge in [-0.15, -0.1) is 0 Å². The van der Waals surface area contributed by atoms with E-state index >= 15 is 0 Å². The van der Waals surface area contributed by atoms with Crippen LogP contribution >= 0.6 is 0 Å². The van der Waals surface area contributed by atoms with E-state index in [1.54, 1.807) is 0 Å². The summed E-state index contributed by atoms with van der Waals surface area (Å²) in [6, 6.07) is 0. The summed E-state index contributed by atoms with van der Waals surface area (Å²) < 4.78 is 5.51. The monoisotopic (exact) mass is 235 g/mol. The van der Waals surface area contributed by atoms with Gasteiger partial charge < -0.3 is 10.3 Å². The van der Waals surface area contributed by atoms with Crippen molar-refractivity contribution in [3.05, 3.63) is 11.7 Å². The van der Waals surface area contributed by atoms with E-state index in [4.69, 9.17) is 10.3 Å². The van der Waals surface area contributed by atoms with Crippen molar-refractivity contribution in [3.8, 4) is 0 Å². The third kappa shape index (κ3) is 1.88. The molecule has 3 rings (SSSR count). The first-order valence-electron chi connectivity index (χ1n) is 6.88. The number of hydrogen-bond acceptors (Lipinski definition) is 4. The lowest BCUT2D eigenvalue weighted by Gasteiger charge is -2.21. The third-order valence-electron chi connectivity index (χ3n) is 4.57. The van der Waals surface area contributed by atoms with Gasteiger partial charge in [-0.25, -0.2) is 0 Å². The number of nitrogens with zero attached hydrogens (tertiary/aromatic N) is 2. The Bertz CT molecular complexity index is 376. The summed E-state index contributed by atoms with van der Waals surface area (Å²) in [6.45, 7) is 0.638. The topological polar surface area (TPSA) is 64.9 Å². The molecule has 2 saturated carbocycles. The first-order valence-corrected chi connectivity index (χ1v) is 6.88. The number of nitrogens with two attached hydrogens (primary N) is 1. The second-order valence-electron chi connectivity index (χ2n) is 5.63. The number of hydrogen-bond donors (Lipinski definition) is 1. The zero-order valence-electron chi connectivity index (χ0n) is 10.3. The summed E-state index contributed by atoms with van der Waals surface area (Å²) >= 11 is 0. The van der Waals surface area contributed by atoms with Crippen LogP contribution in [0.5, 0.6) is 0 Å². The van der Waals surface area contributed by atoms with Gasteiger partial charge in [0.15, 0.2) is 5.82 Å². The largest absolute Gasteiger partial charge is 0.339 e. The summed E-state index contributed by atoms with van der Waals surface area (Å²) in [5, 5.41) is 4.19. The molecule has 1 aromatic heterocycles. The number of aromatic nitrogens is 2. The normalized spacial score (nSPS) is 24.5. The van der Waals surface area contributed by atoms with Crippen LogP contribution in [0.2, 0.25) is 0 Å². The highest BCUT2D eigenvalue weighted by atomic mass is 16.5. The predicted octanol–water partition coefficient (Wildman–Crippen LogP) is 2.50. The zero-order valence-corrected chi connectivity index (χ0v) is 10.3. The molecule has 2 aliphatic rings. The first-order chi connectivity index (χ1) is 8.34. The van der Waals surface area contributed by atoms with E-state index in [-0.39, 0.29) is 5.41 Å². The van der Waals surface area contributed by atoms with Crippen molar-refractivity contribution < 1.29 is 4.52 Å². The lowest BCUT2D eigenvalue weighted by atomic mass is 9.86. The van der Waals surface area contributed by atoms with Crippen molar-refractivity contribution in [3.63, 3.8) is 0 Å². The van der Waals surface area contributed by atoms with Gasteiger partial charge in [-0.2, -0.15) is 4.98 Å². The number of rotatable bonds is 3. The maximum absolute atomic E-state index is 5.94. The van der Waals surface area contributed by atoms with Crippen molar-refractivity contribution >= 4 is 0 Å². The van der Waals surface area contributed by atoms with Crippen molar-refractivity contribution in [1.82, 2.24) is 10.1 Å². The molecule has 1 heterocycles. The molecular weight excluding hydrogens is 214 g/mol. The minimum Gasteiger partial charge on any atom is -0.339 e. The van der Waals surface area contributed by atoms with Gasteiger partial charge in [-0.1, -0.05) is 30.8 Å². The van der Waals surface area contributed by atoms with Gasteiger partial charge in [0, 0.05) is 12.5 Å². The van der Waals surface area contributed by atoms with Crippen LogP contribution in [0.1, 0.15) is 69.0 Å². The van der Waals surface area contributed by atoms with E-state index < -0.39 is 0 Å². The minimum absolute atomic E-state index is 0.0101. The van der Waals surface area contributed by atoms with Gasteiger partial charge in [0.2, 0.25) is 5.89 Å². The fourth-order valence-corrected chi connectivity index (χ4v) is 3.36. The molecule has 2 N–H and O–H groups in total. The quantitative estimate of drug-likeness (QED) is 0.874. The highest BCUT2D eigenvalue weighted by Gasteiger charge is 2.40. The summed E-state index contributed by atoms with van der Waals surface area (Å²) in [6.07, 6.45) is 9.72. The third-order valence-corrected chi connectivity index (χ3v) is 4.57. The van der Waals surface area contributed by atoms with Crippen LogP contribution in [0.3, 0.4) is 0 Å². The second-order valence-corrected chi connectivity index (χ2v) is 5.63. The van der Waals surface area contributed by atoms with Crippen molar-refractivity contribution in [2.75, 3.05) is 6.54 Å². The Hall–Kier alpha value is -0.900. The van der Waals surface area contributed by atoms with Crippen LogP contribution in [0.15, 0.2) is 4.52 Å². The molecule has 2 aliphatic carbocycles. The van der Waals surface area contributed by atoms with Crippen molar-refractivity contribution in [2.45, 2.75) is 62.7 Å². The molecule has 0 bridgehead atoms. The second kappa shape index (κ2) is 4.41. The lowest BCUT2D eigenvalue weighted by molar-refractivity contribution is 0.282. The molecule has 4 nitrogen and oxygen atoms in total. The van der Waals surface area contributed by atoms with Crippen molar-refractivity contribution in [1.29, 1.82) is 0 Å². The van der Waals surface area contributed by atoms with E-state index in [2.05, 4.69) is 10.1 Å². The predicted molar refractivity (Wildman–Crippen MR) is 64.7 cm³/mol. The fraction of sp³-hybridized carbons (Fsp3) is 0.846. The summed E-state index contributed by atoms with van der Waals surface area (Å²) in [5.74, 6) is 2.26. The summed E-state index contributed by atoms with van der Waals surface area (Å²) in [7, 11) is 0. The molecule has 17 heavy (non-hydrogen) atoms. The maximum atomic E-state index is 5.94. The highest BCUT2D eigenvalue weighted by Crippen LogP contribution is 2.40. The van der Waals surface area contributed by atoms with E-state index in [0.29, 0.717) is 12.5 Å².